The average Bonchev–Trinajstić information content (AvgIpc) is 3.37. The molecule has 1 aliphatic heterocycles. The van der Waals surface area contributed by atoms with Crippen molar-refractivity contribution in [2.75, 3.05) is 11.9 Å². The fourth-order valence-electron chi connectivity index (χ4n) is 3.61. The largest absolute Gasteiger partial charge is 0.394 e. The number of nitrogens with zero attached hydrogens (tertiary/aromatic N) is 4. The lowest BCUT2D eigenvalue weighted by molar-refractivity contribution is 0.276. The number of allylic oxidation sites excluding steroid dienone is 4. The van der Waals surface area contributed by atoms with Gasteiger partial charge in [-0.15, -0.1) is 5.10 Å². The first-order chi connectivity index (χ1) is 14.6. The molecule has 6 nitrogen and oxygen atoms in total. The van der Waals surface area contributed by atoms with Gasteiger partial charge in [-0.05, 0) is 35.8 Å². The van der Waals surface area contributed by atoms with Crippen LogP contribution < -0.4 is 5.32 Å². The van der Waals surface area contributed by atoms with Crippen LogP contribution >= 0.6 is 0 Å². The van der Waals surface area contributed by atoms with Gasteiger partial charge in [0.05, 0.1) is 31.1 Å². The Balaban J connectivity index is 1.56. The Bertz CT molecular complexity index is 1170. The zero-order chi connectivity index (χ0) is 21.1. The molecule has 0 saturated carbocycles. The summed E-state index contributed by atoms with van der Waals surface area (Å²) < 4.78 is 1.79. The number of aliphatic imine (C=N–C) groups is 1. The molecule has 152 valence electrons. The summed E-state index contributed by atoms with van der Waals surface area (Å²) in [4.78, 5) is 9.08. The highest BCUT2D eigenvalue weighted by Crippen LogP contribution is 2.22. The molecule has 2 N–H and O–H groups in total. The Hall–Kier alpha value is -3.51. The molecule has 0 amide bonds. The number of nitrogens with one attached hydrogen (secondary N) is 1. The van der Waals surface area contributed by atoms with Gasteiger partial charge >= 0.3 is 0 Å². The Morgan fingerprint density at radius 2 is 2.13 bits per heavy atom. The molecule has 0 aliphatic carbocycles. The van der Waals surface area contributed by atoms with Crippen molar-refractivity contribution in [1.82, 2.24) is 14.6 Å². The molecular formula is C24H25N5O. The van der Waals surface area contributed by atoms with E-state index < -0.39 is 0 Å². The first kappa shape index (κ1) is 19.8. The number of anilines is 1. The SMILES string of the molecule is C=CC(=C)/C=C(\C)c1cnc2ccc(NC(CO)CC3=NCc4ccccc43)nn12. The minimum absolute atomic E-state index is 0.0181. The number of hydrogen-bond acceptors (Lipinski definition) is 5. The number of fused-ring (bicyclic) bond motifs is 2. The highest BCUT2D eigenvalue weighted by molar-refractivity contribution is 6.04. The van der Waals surface area contributed by atoms with Crippen LogP contribution in [0.5, 0.6) is 0 Å². The third-order valence-electron chi connectivity index (χ3n) is 5.21. The monoisotopic (exact) mass is 399 g/mol. The maximum absolute atomic E-state index is 9.95. The van der Waals surface area contributed by atoms with Crippen LogP contribution in [-0.2, 0) is 6.54 Å². The van der Waals surface area contributed by atoms with Crippen molar-refractivity contribution in [3.8, 4) is 0 Å². The van der Waals surface area contributed by atoms with Gasteiger partial charge in [0, 0.05) is 17.7 Å². The summed E-state index contributed by atoms with van der Waals surface area (Å²) >= 11 is 0. The lowest BCUT2D eigenvalue weighted by atomic mass is 10.0. The molecule has 0 fully saturated rings. The van der Waals surface area contributed by atoms with Gasteiger partial charge in [-0.25, -0.2) is 9.50 Å². The van der Waals surface area contributed by atoms with E-state index in [0.29, 0.717) is 18.8 Å². The van der Waals surface area contributed by atoms with Gasteiger partial charge in [0.15, 0.2) is 5.65 Å². The van der Waals surface area contributed by atoms with E-state index in [0.717, 1.165) is 28.2 Å². The van der Waals surface area contributed by atoms with Gasteiger partial charge in [-0.1, -0.05) is 49.6 Å². The predicted octanol–water partition coefficient (Wildman–Crippen LogP) is 4.04. The lowest BCUT2D eigenvalue weighted by Crippen LogP contribution is -2.27. The quantitative estimate of drug-likeness (QED) is 0.561. The van der Waals surface area contributed by atoms with Crippen molar-refractivity contribution >= 4 is 22.7 Å². The number of hydrogen-bond donors (Lipinski definition) is 2. The van der Waals surface area contributed by atoms with E-state index >= 15 is 0 Å². The summed E-state index contributed by atoms with van der Waals surface area (Å²) in [6, 6.07) is 11.8. The molecule has 0 radical (unpaired) electrons. The second-order valence-electron chi connectivity index (χ2n) is 7.39. The van der Waals surface area contributed by atoms with Gasteiger partial charge in [-0.2, -0.15) is 0 Å². The van der Waals surface area contributed by atoms with Gasteiger partial charge in [0.2, 0.25) is 0 Å². The maximum Gasteiger partial charge on any atom is 0.154 e. The highest BCUT2D eigenvalue weighted by Gasteiger charge is 2.19. The molecule has 1 atom stereocenters. The van der Waals surface area contributed by atoms with Crippen molar-refractivity contribution in [3.05, 3.63) is 90.3 Å². The second kappa shape index (κ2) is 8.47. The van der Waals surface area contributed by atoms with Crippen LogP contribution in [0.1, 0.15) is 30.2 Å². The van der Waals surface area contributed by atoms with Crippen LogP contribution in [0.3, 0.4) is 0 Å². The number of rotatable bonds is 8. The Morgan fingerprint density at radius 3 is 2.93 bits per heavy atom. The maximum atomic E-state index is 9.95. The van der Waals surface area contributed by atoms with E-state index in [9.17, 15) is 5.11 Å². The summed E-state index contributed by atoms with van der Waals surface area (Å²) in [5, 5.41) is 18.0. The topological polar surface area (TPSA) is 74.8 Å². The third-order valence-corrected chi connectivity index (χ3v) is 5.21. The summed E-state index contributed by atoms with van der Waals surface area (Å²) in [5.41, 5.74) is 6.87. The lowest BCUT2D eigenvalue weighted by Gasteiger charge is -2.17. The molecule has 1 aliphatic rings. The number of benzene rings is 1. The Morgan fingerprint density at radius 1 is 1.30 bits per heavy atom. The number of aliphatic hydroxyl groups excluding tert-OH is 1. The van der Waals surface area contributed by atoms with Crippen molar-refractivity contribution in [2.24, 2.45) is 4.99 Å². The molecule has 1 aromatic carbocycles. The fourth-order valence-corrected chi connectivity index (χ4v) is 3.61. The van der Waals surface area contributed by atoms with Crippen molar-refractivity contribution in [2.45, 2.75) is 25.9 Å². The Labute approximate surface area is 176 Å². The molecule has 0 bridgehead atoms. The molecule has 6 heteroatoms. The standard InChI is InChI=1S/C24H25N5O/c1-4-16(2)11-17(3)22-14-26-24-10-9-23(28-29(22)24)27-19(15-30)12-21-20-8-6-5-7-18(20)13-25-21/h4-11,14,19,30H,1-2,12-13,15H2,3H3,(H,27,28)/b17-11+. The summed E-state index contributed by atoms with van der Waals surface area (Å²) in [6.07, 6.45) is 6.08. The summed E-state index contributed by atoms with van der Waals surface area (Å²) in [6.45, 7) is 10.4. The molecule has 0 saturated heterocycles. The van der Waals surface area contributed by atoms with Gasteiger partial charge in [0.1, 0.15) is 5.82 Å². The molecule has 0 spiro atoms. The summed E-state index contributed by atoms with van der Waals surface area (Å²) in [7, 11) is 0. The minimum Gasteiger partial charge on any atom is -0.394 e. The number of aliphatic hydroxyl groups is 1. The van der Waals surface area contributed by atoms with Crippen LogP contribution in [0.15, 0.2) is 78.5 Å². The van der Waals surface area contributed by atoms with E-state index in [4.69, 9.17) is 5.10 Å². The van der Waals surface area contributed by atoms with Gasteiger partial charge in [-0.3, -0.25) is 4.99 Å². The van der Waals surface area contributed by atoms with E-state index in [1.807, 2.05) is 37.3 Å². The van der Waals surface area contributed by atoms with Crippen molar-refractivity contribution in [1.29, 1.82) is 0 Å². The smallest absolute Gasteiger partial charge is 0.154 e. The second-order valence-corrected chi connectivity index (χ2v) is 7.39. The molecule has 2 aromatic heterocycles. The van der Waals surface area contributed by atoms with E-state index in [-0.39, 0.29) is 12.6 Å². The molecule has 3 heterocycles. The zero-order valence-electron chi connectivity index (χ0n) is 17.0. The van der Waals surface area contributed by atoms with Crippen LogP contribution in [0, 0.1) is 0 Å². The van der Waals surface area contributed by atoms with Gasteiger partial charge < -0.3 is 10.4 Å². The molecule has 30 heavy (non-hydrogen) atoms. The summed E-state index contributed by atoms with van der Waals surface area (Å²) in [5.74, 6) is 0.669. The molecule has 4 rings (SSSR count). The van der Waals surface area contributed by atoms with E-state index in [1.54, 1.807) is 16.8 Å². The van der Waals surface area contributed by atoms with Crippen LogP contribution in [0.2, 0.25) is 0 Å². The minimum atomic E-state index is -0.191. The highest BCUT2D eigenvalue weighted by atomic mass is 16.3. The molecular weight excluding hydrogens is 374 g/mol. The molecule has 3 aromatic rings. The Kier molecular flexibility index (Phi) is 5.59. The average molecular weight is 399 g/mol. The van der Waals surface area contributed by atoms with Gasteiger partial charge in [0.25, 0.3) is 0 Å². The van der Waals surface area contributed by atoms with Crippen LogP contribution in [0.25, 0.3) is 11.2 Å². The van der Waals surface area contributed by atoms with E-state index in [2.05, 4.69) is 40.6 Å². The fraction of sp³-hybridized carbons (Fsp3) is 0.208. The van der Waals surface area contributed by atoms with Crippen molar-refractivity contribution in [3.63, 3.8) is 0 Å². The first-order valence-corrected chi connectivity index (χ1v) is 9.93. The number of imidazole rings is 1. The zero-order valence-corrected chi connectivity index (χ0v) is 17.0. The van der Waals surface area contributed by atoms with E-state index in [1.165, 1.54) is 11.1 Å². The van der Waals surface area contributed by atoms with Crippen LogP contribution in [0.4, 0.5) is 5.82 Å². The third kappa shape index (κ3) is 3.95. The first-order valence-electron chi connectivity index (χ1n) is 9.93. The normalized spacial score (nSPS) is 14.3. The predicted molar refractivity (Wildman–Crippen MR) is 122 cm³/mol. The van der Waals surface area contributed by atoms with Crippen LogP contribution in [-0.4, -0.2) is 38.1 Å². The number of aromatic nitrogens is 3. The molecule has 1 unspecified atom stereocenters. The van der Waals surface area contributed by atoms with Crippen molar-refractivity contribution < 1.29 is 5.11 Å².